The van der Waals surface area contributed by atoms with Gasteiger partial charge < -0.3 is 10.6 Å². The van der Waals surface area contributed by atoms with E-state index in [0.717, 1.165) is 19.4 Å². The Bertz CT molecular complexity index is 532. The predicted octanol–water partition coefficient (Wildman–Crippen LogP) is -0.0872. The van der Waals surface area contributed by atoms with Crippen molar-refractivity contribution >= 4 is 10.0 Å². The van der Waals surface area contributed by atoms with E-state index in [1.807, 2.05) is 7.05 Å². The molecule has 19 heavy (non-hydrogen) atoms. The van der Waals surface area contributed by atoms with Crippen molar-refractivity contribution in [2.75, 3.05) is 20.1 Å². The van der Waals surface area contributed by atoms with Crippen LogP contribution in [0.5, 0.6) is 0 Å². The van der Waals surface area contributed by atoms with E-state index in [4.69, 9.17) is 5.73 Å². The highest BCUT2D eigenvalue weighted by Crippen LogP contribution is 2.16. The summed E-state index contributed by atoms with van der Waals surface area (Å²) < 4.78 is 27.2. The van der Waals surface area contributed by atoms with Gasteiger partial charge in [0, 0.05) is 25.3 Å². The summed E-state index contributed by atoms with van der Waals surface area (Å²) in [6.07, 6.45) is 3.69. The van der Waals surface area contributed by atoms with Crippen LogP contribution in [-0.4, -0.2) is 44.5 Å². The highest BCUT2D eigenvalue weighted by Gasteiger charge is 2.24. The molecule has 0 aliphatic carbocycles. The molecule has 0 amide bonds. The van der Waals surface area contributed by atoms with Gasteiger partial charge in [-0.3, -0.25) is 4.98 Å². The van der Waals surface area contributed by atoms with Gasteiger partial charge in [0.25, 0.3) is 0 Å². The maximum absolute atomic E-state index is 12.3. The fourth-order valence-corrected chi connectivity index (χ4v) is 3.61. The van der Waals surface area contributed by atoms with Gasteiger partial charge in [-0.1, -0.05) is 0 Å². The molecular formula is C12H20N4O2S. The topological polar surface area (TPSA) is 88.3 Å². The molecule has 0 bridgehead atoms. The maximum atomic E-state index is 12.3. The van der Waals surface area contributed by atoms with Gasteiger partial charge in [-0.2, -0.15) is 0 Å². The SMILES string of the molecule is CN1CCCC1CNS(=O)(=O)c1cccnc1CN. The van der Waals surface area contributed by atoms with E-state index in [1.165, 1.54) is 6.07 Å². The molecule has 1 unspecified atom stereocenters. The summed E-state index contributed by atoms with van der Waals surface area (Å²) in [5.41, 5.74) is 5.92. The molecule has 0 saturated carbocycles. The van der Waals surface area contributed by atoms with Crippen LogP contribution in [0.1, 0.15) is 18.5 Å². The second-order valence-electron chi connectivity index (χ2n) is 4.78. The van der Waals surface area contributed by atoms with Crippen LogP contribution >= 0.6 is 0 Å². The van der Waals surface area contributed by atoms with Crippen molar-refractivity contribution < 1.29 is 8.42 Å². The molecule has 1 aliphatic heterocycles. The second kappa shape index (κ2) is 5.96. The zero-order chi connectivity index (χ0) is 13.9. The van der Waals surface area contributed by atoms with E-state index in [-0.39, 0.29) is 17.5 Å². The van der Waals surface area contributed by atoms with Crippen LogP contribution in [0.2, 0.25) is 0 Å². The van der Waals surface area contributed by atoms with Gasteiger partial charge in [0.2, 0.25) is 10.0 Å². The summed E-state index contributed by atoms with van der Waals surface area (Å²) in [7, 11) is -1.52. The van der Waals surface area contributed by atoms with Crippen LogP contribution in [0.3, 0.4) is 0 Å². The lowest BCUT2D eigenvalue weighted by atomic mass is 10.2. The Labute approximate surface area is 114 Å². The zero-order valence-corrected chi connectivity index (χ0v) is 11.9. The quantitative estimate of drug-likeness (QED) is 0.789. The number of pyridine rings is 1. The average Bonchev–Trinajstić information content (AvgIpc) is 2.82. The molecular weight excluding hydrogens is 264 g/mol. The van der Waals surface area contributed by atoms with E-state index >= 15 is 0 Å². The smallest absolute Gasteiger partial charge is 0.242 e. The fourth-order valence-electron chi connectivity index (χ4n) is 2.34. The van der Waals surface area contributed by atoms with Crippen LogP contribution in [0.25, 0.3) is 0 Å². The van der Waals surface area contributed by atoms with Crippen molar-refractivity contribution in [2.24, 2.45) is 5.73 Å². The third-order valence-corrected chi connectivity index (χ3v) is 5.01. The van der Waals surface area contributed by atoms with Crippen LogP contribution in [-0.2, 0) is 16.6 Å². The van der Waals surface area contributed by atoms with Gasteiger partial charge in [-0.05, 0) is 38.6 Å². The summed E-state index contributed by atoms with van der Waals surface area (Å²) in [6.45, 7) is 1.56. The lowest BCUT2D eigenvalue weighted by Gasteiger charge is -2.20. The first-order valence-corrected chi connectivity index (χ1v) is 7.87. The Morgan fingerprint density at radius 1 is 1.58 bits per heavy atom. The van der Waals surface area contributed by atoms with Gasteiger partial charge in [0.05, 0.1) is 5.69 Å². The minimum absolute atomic E-state index is 0.112. The number of nitrogens with one attached hydrogen (secondary N) is 1. The number of rotatable bonds is 5. The fraction of sp³-hybridized carbons (Fsp3) is 0.583. The molecule has 2 heterocycles. The molecule has 1 fully saturated rings. The highest BCUT2D eigenvalue weighted by molar-refractivity contribution is 7.89. The first kappa shape index (κ1) is 14.4. The Kier molecular flexibility index (Phi) is 4.51. The van der Waals surface area contributed by atoms with Crippen molar-refractivity contribution in [3.63, 3.8) is 0 Å². The summed E-state index contributed by atoms with van der Waals surface area (Å²) in [5, 5.41) is 0. The summed E-state index contributed by atoms with van der Waals surface area (Å²) in [5.74, 6) is 0. The summed E-state index contributed by atoms with van der Waals surface area (Å²) >= 11 is 0. The number of hydrogen-bond acceptors (Lipinski definition) is 5. The third-order valence-electron chi connectivity index (χ3n) is 3.51. The van der Waals surface area contributed by atoms with Crippen LogP contribution in [0.15, 0.2) is 23.2 Å². The minimum Gasteiger partial charge on any atom is -0.325 e. The van der Waals surface area contributed by atoms with E-state index in [9.17, 15) is 8.42 Å². The number of likely N-dealkylation sites (tertiary alicyclic amines) is 1. The standard InChI is InChI=1S/C12H20N4O2S/c1-16-7-3-4-10(16)9-15-19(17,18)12-5-2-6-14-11(12)8-13/h2,5-6,10,15H,3-4,7-9,13H2,1H3. The number of nitrogens with two attached hydrogens (primary N) is 1. The Morgan fingerprint density at radius 3 is 3.00 bits per heavy atom. The zero-order valence-electron chi connectivity index (χ0n) is 11.0. The van der Waals surface area contributed by atoms with Gasteiger partial charge in [-0.25, -0.2) is 13.1 Å². The maximum Gasteiger partial charge on any atom is 0.242 e. The number of likely N-dealkylation sites (N-methyl/N-ethyl adjacent to an activating group) is 1. The largest absolute Gasteiger partial charge is 0.325 e. The lowest BCUT2D eigenvalue weighted by Crippen LogP contribution is -2.38. The average molecular weight is 284 g/mol. The van der Waals surface area contributed by atoms with Crippen LogP contribution in [0.4, 0.5) is 0 Å². The van der Waals surface area contributed by atoms with E-state index in [0.29, 0.717) is 12.2 Å². The molecule has 1 saturated heterocycles. The van der Waals surface area contributed by atoms with Crippen molar-refractivity contribution in [3.05, 3.63) is 24.0 Å². The monoisotopic (exact) mass is 284 g/mol. The molecule has 1 aromatic rings. The van der Waals surface area contributed by atoms with Crippen molar-refractivity contribution in [1.29, 1.82) is 0 Å². The molecule has 1 atom stereocenters. The molecule has 0 spiro atoms. The van der Waals surface area contributed by atoms with Crippen LogP contribution in [0, 0.1) is 0 Å². The van der Waals surface area contributed by atoms with E-state index < -0.39 is 10.0 Å². The number of hydrogen-bond donors (Lipinski definition) is 2. The van der Waals surface area contributed by atoms with Gasteiger partial charge >= 0.3 is 0 Å². The number of nitrogens with zero attached hydrogens (tertiary/aromatic N) is 2. The molecule has 3 N–H and O–H groups in total. The Hall–Kier alpha value is -1.02. The molecule has 0 aromatic carbocycles. The molecule has 1 aliphatic rings. The summed E-state index contributed by atoms with van der Waals surface area (Å²) in [6, 6.07) is 3.42. The van der Waals surface area contributed by atoms with Crippen molar-refractivity contribution in [3.8, 4) is 0 Å². The van der Waals surface area contributed by atoms with Gasteiger partial charge in [-0.15, -0.1) is 0 Å². The molecule has 1 aromatic heterocycles. The van der Waals surface area contributed by atoms with Crippen LogP contribution < -0.4 is 10.5 Å². The second-order valence-corrected chi connectivity index (χ2v) is 6.52. The third kappa shape index (κ3) is 3.30. The number of aromatic nitrogens is 1. The predicted molar refractivity (Wildman–Crippen MR) is 73.0 cm³/mol. The summed E-state index contributed by atoms with van der Waals surface area (Å²) in [4.78, 5) is 6.36. The first-order valence-electron chi connectivity index (χ1n) is 6.38. The first-order chi connectivity index (χ1) is 9.04. The normalized spacial score (nSPS) is 20.8. The molecule has 7 heteroatoms. The molecule has 0 radical (unpaired) electrons. The van der Waals surface area contributed by atoms with Crippen molar-refractivity contribution in [2.45, 2.75) is 30.3 Å². The Morgan fingerprint density at radius 2 is 2.37 bits per heavy atom. The molecule has 6 nitrogen and oxygen atoms in total. The van der Waals surface area contributed by atoms with Gasteiger partial charge in [0.1, 0.15) is 4.90 Å². The lowest BCUT2D eigenvalue weighted by molar-refractivity contribution is 0.311. The molecule has 106 valence electrons. The van der Waals surface area contributed by atoms with E-state index in [2.05, 4.69) is 14.6 Å². The van der Waals surface area contributed by atoms with E-state index in [1.54, 1.807) is 12.3 Å². The molecule has 2 rings (SSSR count). The highest BCUT2D eigenvalue weighted by atomic mass is 32.2. The van der Waals surface area contributed by atoms with Gasteiger partial charge in [0.15, 0.2) is 0 Å². The Balaban J connectivity index is 2.09. The number of sulfonamides is 1. The van der Waals surface area contributed by atoms with Crippen molar-refractivity contribution in [1.82, 2.24) is 14.6 Å². The minimum atomic E-state index is -3.53.